The maximum absolute atomic E-state index is 12.1. The number of benzene rings is 1. The average Bonchev–Trinajstić information content (AvgIpc) is 2.78. The van der Waals surface area contributed by atoms with Crippen LogP contribution in [0, 0.1) is 0 Å². The van der Waals surface area contributed by atoms with E-state index in [4.69, 9.17) is 5.73 Å². The minimum atomic E-state index is -0.294. The van der Waals surface area contributed by atoms with Gasteiger partial charge in [0.1, 0.15) is 0 Å². The van der Waals surface area contributed by atoms with E-state index in [-0.39, 0.29) is 11.2 Å². The van der Waals surface area contributed by atoms with E-state index in [1.165, 1.54) is 23.1 Å². The number of halogens is 2. The van der Waals surface area contributed by atoms with Gasteiger partial charge in [0.2, 0.25) is 11.0 Å². The molecule has 9 heteroatoms. The number of thioether (sulfide) groups is 1. The van der Waals surface area contributed by atoms with Crippen LogP contribution in [0.3, 0.4) is 0 Å². The Balaban J connectivity index is 2.00. The summed E-state index contributed by atoms with van der Waals surface area (Å²) < 4.78 is 2.44. The Kier molecular flexibility index (Phi) is 5.42. The van der Waals surface area contributed by atoms with Crippen molar-refractivity contribution < 1.29 is 4.79 Å². The molecule has 3 N–H and O–H groups in total. The number of rotatable bonds is 4. The summed E-state index contributed by atoms with van der Waals surface area (Å²) in [6.45, 7) is 1.81. The summed E-state index contributed by atoms with van der Waals surface area (Å²) in [7, 11) is 0. The second-order valence-electron chi connectivity index (χ2n) is 3.78. The fraction of sp³-hybridized carbons (Fsp3) is 0.182. The van der Waals surface area contributed by atoms with Crippen molar-refractivity contribution in [1.82, 2.24) is 10.2 Å². The van der Waals surface area contributed by atoms with Gasteiger partial charge < -0.3 is 11.1 Å². The minimum absolute atomic E-state index is 0.105. The third kappa shape index (κ3) is 4.18. The molecule has 0 bridgehead atoms. The van der Waals surface area contributed by atoms with Crippen molar-refractivity contribution in [3.05, 3.63) is 27.1 Å². The van der Waals surface area contributed by atoms with Gasteiger partial charge in [0.25, 0.3) is 0 Å². The number of nitrogens with one attached hydrogen (secondary N) is 1. The summed E-state index contributed by atoms with van der Waals surface area (Å²) in [6, 6.07) is 5.56. The lowest BCUT2D eigenvalue weighted by Crippen LogP contribution is -2.22. The average molecular weight is 438 g/mol. The highest BCUT2D eigenvalue weighted by Crippen LogP contribution is 2.30. The summed E-state index contributed by atoms with van der Waals surface area (Å²) in [5.74, 6) is -0.105. The van der Waals surface area contributed by atoms with E-state index in [2.05, 4.69) is 47.4 Å². The van der Waals surface area contributed by atoms with Crippen LogP contribution in [-0.4, -0.2) is 21.4 Å². The first kappa shape index (κ1) is 15.7. The lowest BCUT2D eigenvalue weighted by atomic mass is 10.3. The molecule has 0 saturated carbocycles. The molecule has 0 fully saturated rings. The van der Waals surface area contributed by atoms with Gasteiger partial charge >= 0.3 is 0 Å². The van der Waals surface area contributed by atoms with Crippen LogP contribution in [-0.2, 0) is 4.79 Å². The van der Waals surface area contributed by atoms with Crippen molar-refractivity contribution in [1.29, 1.82) is 0 Å². The molecule has 20 heavy (non-hydrogen) atoms. The van der Waals surface area contributed by atoms with Crippen LogP contribution in [0.5, 0.6) is 0 Å². The fourth-order valence-electron chi connectivity index (χ4n) is 1.30. The summed E-state index contributed by atoms with van der Waals surface area (Å²) in [5, 5.41) is 10.6. The van der Waals surface area contributed by atoms with Crippen molar-refractivity contribution in [2.24, 2.45) is 0 Å². The number of nitrogens with two attached hydrogens (primary N) is 1. The molecule has 0 spiro atoms. The van der Waals surface area contributed by atoms with Gasteiger partial charge in [-0.05, 0) is 41.1 Å². The van der Waals surface area contributed by atoms with Gasteiger partial charge in [0.15, 0.2) is 4.34 Å². The highest BCUT2D eigenvalue weighted by molar-refractivity contribution is 9.11. The maximum Gasteiger partial charge on any atom is 0.237 e. The van der Waals surface area contributed by atoms with Gasteiger partial charge in [0, 0.05) is 8.95 Å². The Morgan fingerprint density at radius 2 is 2.20 bits per heavy atom. The standard InChI is InChI=1S/C11H10Br2N4OS2/c1-5(19-11-17-16-10(14)20-11)9(18)15-8-3-2-6(12)4-7(8)13/h2-5H,1H3,(H2,14,16)(H,15,18). The Hall–Kier alpha value is -0.640. The molecule has 1 heterocycles. The van der Waals surface area contributed by atoms with Crippen molar-refractivity contribution in [3.8, 4) is 0 Å². The van der Waals surface area contributed by atoms with Crippen molar-refractivity contribution in [2.45, 2.75) is 16.5 Å². The molecule has 0 aliphatic rings. The number of hydrogen-bond acceptors (Lipinski definition) is 6. The number of carbonyl (C=O) groups excluding carboxylic acids is 1. The van der Waals surface area contributed by atoms with E-state index >= 15 is 0 Å². The Morgan fingerprint density at radius 3 is 2.80 bits per heavy atom. The van der Waals surface area contributed by atoms with E-state index in [0.29, 0.717) is 9.47 Å². The molecule has 1 atom stereocenters. The predicted octanol–water partition coefficient (Wildman–Crippen LogP) is 3.76. The second kappa shape index (κ2) is 6.88. The third-order valence-electron chi connectivity index (χ3n) is 2.26. The molecule has 106 valence electrons. The Bertz CT molecular complexity index is 635. The number of hydrogen-bond donors (Lipinski definition) is 2. The molecule has 0 saturated heterocycles. The van der Waals surface area contributed by atoms with Crippen LogP contribution >= 0.6 is 55.0 Å². The van der Waals surface area contributed by atoms with E-state index in [1.54, 1.807) is 0 Å². The SMILES string of the molecule is CC(Sc1nnc(N)s1)C(=O)Nc1ccc(Br)cc1Br. The van der Waals surface area contributed by atoms with E-state index in [9.17, 15) is 4.79 Å². The van der Waals surface area contributed by atoms with Gasteiger partial charge in [-0.3, -0.25) is 4.79 Å². The summed E-state index contributed by atoms with van der Waals surface area (Å²) in [5.41, 5.74) is 6.23. The summed E-state index contributed by atoms with van der Waals surface area (Å²) >= 11 is 9.37. The molecular weight excluding hydrogens is 428 g/mol. The Morgan fingerprint density at radius 1 is 1.45 bits per heavy atom. The number of aromatic nitrogens is 2. The van der Waals surface area contributed by atoms with Crippen molar-refractivity contribution >= 4 is 71.7 Å². The topological polar surface area (TPSA) is 80.9 Å². The number of carbonyl (C=O) groups is 1. The van der Waals surface area contributed by atoms with Crippen molar-refractivity contribution in [2.75, 3.05) is 11.1 Å². The van der Waals surface area contributed by atoms with Crippen LogP contribution in [0.15, 0.2) is 31.5 Å². The van der Waals surface area contributed by atoms with Gasteiger partial charge in [-0.15, -0.1) is 10.2 Å². The number of anilines is 2. The van der Waals surface area contributed by atoms with E-state index in [1.807, 2.05) is 25.1 Å². The molecular formula is C11H10Br2N4OS2. The van der Waals surface area contributed by atoms with E-state index < -0.39 is 0 Å². The van der Waals surface area contributed by atoms with Gasteiger partial charge in [-0.1, -0.05) is 39.0 Å². The molecule has 2 aromatic rings. The zero-order valence-corrected chi connectivity index (χ0v) is 15.1. The first-order chi connectivity index (χ1) is 9.45. The molecule has 1 unspecified atom stereocenters. The second-order valence-corrected chi connectivity index (χ2v) is 8.15. The van der Waals surface area contributed by atoms with Crippen LogP contribution in [0.4, 0.5) is 10.8 Å². The van der Waals surface area contributed by atoms with Gasteiger partial charge in [-0.2, -0.15) is 0 Å². The van der Waals surface area contributed by atoms with Crippen LogP contribution in [0.25, 0.3) is 0 Å². The summed E-state index contributed by atoms with van der Waals surface area (Å²) in [6.07, 6.45) is 0. The first-order valence-electron chi connectivity index (χ1n) is 5.47. The van der Waals surface area contributed by atoms with Crippen LogP contribution in [0.2, 0.25) is 0 Å². The fourth-order valence-corrected chi connectivity index (χ4v) is 4.22. The van der Waals surface area contributed by atoms with Gasteiger partial charge in [0.05, 0.1) is 10.9 Å². The molecule has 1 aromatic heterocycles. The minimum Gasteiger partial charge on any atom is -0.374 e. The molecule has 2 rings (SSSR count). The number of amides is 1. The third-order valence-corrected chi connectivity index (χ3v) is 5.34. The molecule has 0 aliphatic heterocycles. The monoisotopic (exact) mass is 436 g/mol. The maximum atomic E-state index is 12.1. The number of nitrogen functional groups attached to an aromatic ring is 1. The predicted molar refractivity (Wildman–Crippen MR) is 90.1 cm³/mol. The molecule has 5 nitrogen and oxygen atoms in total. The Labute approximate surface area is 141 Å². The molecule has 1 aromatic carbocycles. The normalized spacial score (nSPS) is 12.2. The molecule has 1 amide bonds. The zero-order chi connectivity index (χ0) is 14.7. The lowest BCUT2D eigenvalue weighted by Gasteiger charge is -2.11. The van der Waals surface area contributed by atoms with E-state index in [0.717, 1.165) is 14.6 Å². The number of nitrogens with zero attached hydrogens (tertiary/aromatic N) is 2. The largest absolute Gasteiger partial charge is 0.374 e. The first-order valence-corrected chi connectivity index (χ1v) is 8.75. The van der Waals surface area contributed by atoms with Crippen LogP contribution < -0.4 is 11.1 Å². The zero-order valence-electron chi connectivity index (χ0n) is 10.3. The lowest BCUT2D eigenvalue weighted by molar-refractivity contribution is -0.115. The quantitative estimate of drug-likeness (QED) is 0.711. The summed E-state index contributed by atoms with van der Waals surface area (Å²) in [4.78, 5) is 12.1. The highest BCUT2D eigenvalue weighted by atomic mass is 79.9. The van der Waals surface area contributed by atoms with Gasteiger partial charge in [-0.25, -0.2) is 0 Å². The molecule has 0 radical (unpaired) electrons. The highest BCUT2D eigenvalue weighted by Gasteiger charge is 2.17. The van der Waals surface area contributed by atoms with Crippen LogP contribution in [0.1, 0.15) is 6.92 Å². The molecule has 0 aliphatic carbocycles. The smallest absolute Gasteiger partial charge is 0.237 e. The van der Waals surface area contributed by atoms with Crippen molar-refractivity contribution in [3.63, 3.8) is 0 Å².